The van der Waals surface area contributed by atoms with Crippen molar-refractivity contribution in [2.75, 3.05) is 26.2 Å². The molecule has 1 aromatic carbocycles. The Morgan fingerprint density at radius 2 is 2.19 bits per heavy atom. The van der Waals surface area contributed by atoms with Crippen molar-refractivity contribution in [2.24, 2.45) is 0 Å². The van der Waals surface area contributed by atoms with Crippen LogP contribution in [0.1, 0.15) is 12.5 Å². The number of nitrogens with one attached hydrogen (secondary N) is 1. The van der Waals surface area contributed by atoms with Gasteiger partial charge in [-0.05, 0) is 12.5 Å². The van der Waals surface area contributed by atoms with Crippen molar-refractivity contribution in [3.63, 3.8) is 0 Å². The fourth-order valence-corrected chi connectivity index (χ4v) is 2.08. The third-order valence-electron chi connectivity index (χ3n) is 2.93. The highest BCUT2D eigenvalue weighted by Crippen LogP contribution is 2.03. The van der Waals surface area contributed by atoms with Crippen LogP contribution in [0.5, 0.6) is 0 Å². The molecule has 1 saturated heterocycles. The van der Waals surface area contributed by atoms with Gasteiger partial charge in [-0.25, -0.2) is 0 Å². The second-order valence-corrected chi connectivity index (χ2v) is 4.43. The maximum atomic E-state index is 3.45. The Hall–Kier alpha value is -1.12. The molecule has 1 aliphatic heterocycles. The highest BCUT2D eigenvalue weighted by molar-refractivity contribution is 5.48. The first-order valence-electron chi connectivity index (χ1n) is 6.02. The van der Waals surface area contributed by atoms with E-state index in [0.29, 0.717) is 6.04 Å². The lowest BCUT2D eigenvalue weighted by atomic mass is 10.2. The van der Waals surface area contributed by atoms with E-state index in [0.717, 1.165) is 26.2 Å². The summed E-state index contributed by atoms with van der Waals surface area (Å²) in [5, 5.41) is 3.45. The third kappa shape index (κ3) is 3.47. The smallest absolute Gasteiger partial charge is 0.0167 e. The van der Waals surface area contributed by atoms with Gasteiger partial charge in [0.25, 0.3) is 0 Å². The van der Waals surface area contributed by atoms with Crippen LogP contribution in [0.15, 0.2) is 36.4 Å². The van der Waals surface area contributed by atoms with E-state index in [2.05, 4.69) is 59.6 Å². The molecule has 0 radical (unpaired) electrons. The zero-order valence-corrected chi connectivity index (χ0v) is 9.89. The van der Waals surface area contributed by atoms with Crippen LogP contribution in [0.4, 0.5) is 0 Å². The molecule has 0 saturated carbocycles. The molecule has 1 aromatic rings. The summed E-state index contributed by atoms with van der Waals surface area (Å²) < 4.78 is 0. The van der Waals surface area contributed by atoms with Crippen LogP contribution in [-0.2, 0) is 0 Å². The van der Waals surface area contributed by atoms with Crippen LogP contribution in [0.3, 0.4) is 0 Å². The van der Waals surface area contributed by atoms with Gasteiger partial charge in [0.1, 0.15) is 0 Å². The van der Waals surface area contributed by atoms with Crippen molar-refractivity contribution in [3.8, 4) is 0 Å². The minimum Gasteiger partial charge on any atom is -0.312 e. The van der Waals surface area contributed by atoms with Gasteiger partial charge in [-0.2, -0.15) is 0 Å². The highest BCUT2D eigenvalue weighted by atomic mass is 15.2. The van der Waals surface area contributed by atoms with Crippen LogP contribution >= 0.6 is 0 Å². The van der Waals surface area contributed by atoms with Gasteiger partial charge in [0.2, 0.25) is 0 Å². The van der Waals surface area contributed by atoms with E-state index in [9.17, 15) is 0 Å². The van der Waals surface area contributed by atoms with Gasteiger partial charge in [-0.15, -0.1) is 0 Å². The zero-order chi connectivity index (χ0) is 11.2. The van der Waals surface area contributed by atoms with Crippen molar-refractivity contribution in [1.29, 1.82) is 0 Å². The predicted octanol–water partition coefficient (Wildman–Crippen LogP) is 1.99. The molecule has 2 nitrogen and oxygen atoms in total. The van der Waals surface area contributed by atoms with Crippen LogP contribution in [-0.4, -0.2) is 37.1 Å². The van der Waals surface area contributed by atoms with Crippen LogP contribution in [0.2, 0.25) is 0 Å². The average Bonchev–Trinajstić information content (AvgIpc) is 2.30. The molecule has 86 valence electrons. The topological polar surface area (TPSA) is 15.3 Å². The van der Waals surface area contributed by atoms with Gasteiger partial charge in [0.15, 0.2) is 0 Å². The number of hydrogen-bond donors (Lipinski definition) is 1. The fourth-order valence-electron chi connectivity index (χ4n) is 2.08. The minimum atomic E-state index is 0.624. The van der Waals surface area contributed by atoms with Gasteiger partial charge >= 0.3 is 0 Å². The lowest BCUT2D eigenvalue weighted by Crippen LogP contribution is -2.49. The standard InChI is InChI=1S/C14H20N2/c1-13-12-16(11-9-15-13)10-5-8-14-6-3-2-4-7-14/h2-8,13,15H,9-12H2,1H3. The Morgan fingerprint density at radius 1 is 1.38 bits per heavy atom. The van der Waals surface area contributed by atoms with Crippen molar-refractivity contribution in [2.45, 2.75) is 13.0 Å². The molecule has 2 rings (SSSR count). The summed E-state index contributed by atoms with van der Waals surface area (Å²) in [4.78, 5) is 2.49. The quantitative estimate of drug-likeness (QED) is 0.831. The highest BCUT2D eigenvalue weighted by Gasteiger charge is 2.13. The molecular formula is C14H20N2. The summed E-state index contributed by atoms with van der Waals surface area (Å²) in [6.45, 7) is 6.72. The van der Waals surface area contributed by atoms with Crippen LogP contribution < -0.4 is 5.32 Å². The molecule has 16 heavy (non-hydrogen) atoms. The molecule has 1 aliphatic rings. The van der Waals surface area contributed by atoms with Crippen molar-refractivity contribution in [1.82, 2.24) is 10.2 Å². The summed E-state index contributed by atoms with van der Waals surface area (Å²) in [6.07, 6.45) is 4.46. The van der Waals surface area contributed by atoms with E-state index in [1.54, 1.807) is 0 Å². The van der Waals surface area contributed by atoms with Gasteiger partial charge in [-0.3, -0.25) is 4.90 Å². The lowest BCUT2D eigenvalue weighted by Gasteiger charge is -2.30. The summed E-state index contributed by atoms with van der Waals surface area (Å²) in [6, 6.07) is 11.1. The maximum absolute atomic E-state index is 3.45. The maximum Gasteiger partial charge on any atom is 0.0167 e. The normalized spacial score (nSPS) is 22.7. The number of piperazine rings is 1. The van der Waals surface area contributed by atoms with Crippen molar-refractivity contribution in [3.05, 3.63) is 42.0 Å². The molecule has 1 N–H and O–H groups in total. The molecule has 0 bridgehead atoms. The first-order chi connectivity index (χ1) is 7.84. The molecular weight excluding hydrogens is 196 g/mol. The van der Waals surface area contributed by atoms with Gasteiger partial charge in [0, 0.05) is 32.2 Å². The Kier molecular flexibility index (Phi) is 4.14. The molecule has 1 atom stereocenters. The van der Waals surface area contributed by atoms with E-state index in [-0.39, 0.29) is 0 Å². The average molecular weight is 216 g/mol. The van der Waals surface area contributed by atoms with Crippen molar-refractivity contribution >= 4 is 6.08 Å². The van der Waals surface area contributed by atoms with Gasteiger partial charge < -0.3 is 5.32 Å². The number of rotatable bonds is 3. The third-order valence-corrected chi connectivity index (χ3v) is 2.93. The summed E-state index contributed by atoms with van der Waals surface area (Å²) in [5.74, 6) is 0. The second kappa shape index (κ2) is 5.83. The van der Waals surface area contributed by atoms with E-state index < -0.39 is 0 Å². The molecule has 2 heteroatoms. The van der Waals surface area contributed by atoms with Gasteiger partial charge in [-0.1, -0.05) is 42.5 Å². The summed E-state index contributed by atoms with van der Waals surface area (Å²) in [5.41, 5.74) is 1.28. The first kappa shape index (κ1) is 11.4. The second-order valence-electron chi connectivity index (χ2n) is 4.43. The zero-order valence-electron chi connectivity index (χ0n) is 9.89. The van der Waals surface area contributed by atoms with E-state index >= 15 is 0 Å². The fraction of sp³-hybridized carbons (Fsp3) is 0.429. The van der Waals surface area contributed by atoms with Crippen LogP contribution in [0, 0.1) is 0 Å². The Morgan fingerprint density at radius 3 is 2.94 bits per heavy atom. The molecule has 0 aromatic heterocycles. The molecule has 1 fully saturated rings. The lowest BCUT2D eigenvalue weighted by molar-refractivity contribution is 0.227. The number of benzene rings is 1. The minimum absolute atomic E-state index is 0.624. The number of hydrogen-bond acceptors (Lipinski definition) is 2. The van der Waals surface area contributed by atoms with Crippen molar-refractivity contribution < 1.29 is 0 Å². The first-order valence-corrected chi connectivity index (χ1v) is 6.02. The monoisotopic (exact) mass is 216 g/mol. The van der Waals surface area contributed by atoms with Gasteiger partial charge in [0.05, 0.1) is 0 Å². The predicted molar refractivity (Wildman–Crippen MR) is 69.4 cm³/mol. The Labute approximate surface area is 98.0 Å². The Balaban J connectivity index is 1.80. The molecule has 0 aliphatic carbocycles. The van der Waals surface area contributed by atoms with Crippen LogP contribution in [0.25, 0.3) is 6.08 Å². The molecule has 1 heterocycles. The van der Waals surface area contributed by atoms with E-state index in [1.165, 1.54) is 5.56 Å². The Bertz CT molecular complexity index is 332. The molecule has 0 amide bonds. The molecule has 0 spiro atoms. The summed E-state index contributed by atoms with van der Waals surface area (Å²) in [7, 11) is 0. The van der Waals surface area contributed by atoms with E-state index in [1.807, 2.05) is 0 Å². The largest absolute Gasteiger partial charge is 0.312 e. The SMILES string of the molecule is CC1CN(CC=Cc2ccccc2)CCN1. The summed E-state index contributed by atoms with van der Waals surface area (Å²) >= 11 is 0. The van der Waals surface area contributed by atoms with E-state index in [4.69, 9.17) is 0 Å². The number of nitrogens with zero attached hydrogens (tertiary/aromatic N) is 1. The molecule has 1 unspecified atom stereocenters.